The monoisotopic (exact) mass is 204 g/mol. The van der Waals surface area contributed by atoms with Crippen molar-refractivity contribution >= 4 is 10.0 Å². The molecule has 1 aromatic rings. The van der Waals surface area contributed by atoms with Gasteiger partial charge in [0.1, 0.15) is 5.75 Å². The van der Waals surface area contributed by atoms with E-state index < -0.39 is 10.0 Å². The van der Waals surface area contributed by atoms with E-state index in [2.05, 4.69) is 10.3 Å². The second-order valence-corrected chi connectivity index (χ2v) is 4.39. The SMILES string of the molecule is CCCn1cc(CS(N)(=O)=O)nn1. The van der Waals surface area contributed by atoms with Crippen molar-refractivity contribution in [1.29, 1.82) is 0 Å². The molecule has 0 saturated carbocycles. The van der Waals surface area contributed by atoms with E-state index in [1.54, 1.807) is 10.9 Å². The molecule has 2 N–H and O–H groups in total. The van der Waals surface area contributed by atoms with Gasteiger partial charge in [-0.15, -0.1) is 5.10 Å². The van der Waals surface area contributed by atoms with Crippen molar-refractivity contribution < 1.29 is 8.42 Å². The summed E-state index contributed by atoms with van der Waals surface area (Å²) in [5.41, 5.74) is 0.385. The van der Waals surface area contributed by atoms with Gasteiger partial charge >= 0.3 is 0 Å². The standard InChI is InChI=1S/C6H12N4O2S/c1-2-3-10-4-6(8-9-10)5-13(7,11)12/h4H,2-3,5H2,1H3,(H2,7,11,12). The van der Waals surface area contributed by atoms with E-state index in [4.69, 9.17) is 5.14 Å². The molecule has 1 heterocycles. The normalized spacial score (nSPS) is 11.8. The van der Waals surface area contributed by atoms with Crippen LogP contribution in [0.25, 0.3) is 0 Å². The molecule has 74 valence electrons. The minimum absolute atomic E-state index is 0.253. The number of aryl methyl sites for hydroxylation is 1. The highest BCUT2D eigenvalue weighted by Gasteiger charge is 2.08. The summed E-state index contributed by atoms with van der Waals surface area (Å²) in [5, 5.41) is 12.3. The van der Waals surface area contributed by atoms with Gasteiger partial charge in [-0.25, -0.2) is 13.6 Å². The minimum atomic E-state index is -3.49. The van der Waals surface area contributed by atoms with Gasteiger partial charge in [0, 0.05) is 12.7 Å². The van der Waals surface area contributed by atoms with E-state index >= 15 is 0 Å². The Morgan fingerprint density at radius 1 is 1.62 bits per heavy atom. The summed E-state index contributed by atoms with van der Waals surface area (Å²) in [6.45, 7) is 2.73. The summed E-state index contributed by atoms with van der Waals surface area (Å²) in [6, 6.07) is 0. The van der Waals surface area contributed by atoms with Crippen molar-refractivity contribution in [2.45, 2.75) is 25.6 Å². The van der Waals surface area contributed by atoms with Gasteiger partial charge < -0.3 is 0 Å². The van der Waals surface area contributed by atoms with Crippen LogP contribution in [0.3, 0.4) is 0 Å². The van der Waals surface area contributed by atoms with Crippen LogP contribution < -0.4 is 5.14 Å². The van der Waals surface area contributed by atoms with Crippen LogP contribution in [0.15, 0.2) is 6.20 Å². The first-order valence-corrected chi connectivity index (χ1v) is 5.62. The van der Waals surface area contributed by atoms with E-state index in [0.717, 1.165) is 13.0 Å². The van der Waals surface area contributed by atoms with Gasteiger partial charge in [0.2, 0.25) is 10.0 Å². The summed E-state index contributed by atoms with van der Waals surface area (Å²) in [7, 11) is -3.49. The molecule has 0 atom stereocenters. The zero-order valence-electron chi connectivity index (χ0n) is 7.34. The number of aromatic nitrogens is 3. The fraction of sp³-hybridized carbons (Fsp3) is 0.667. The van der Waals surface area contributed by atoms with Gasteiger partial charge in [-0.05, 0) is 6.42 Å². The predicted molar refractivity (Wildman–Crippen MR) is 47.1 cm³/mol. The van der Waals surface area contributed by atoms with Crippen molar-refractivity contribution in [2.75, 3.05) is 0 Å². The third kappa shape index (κ3) is 3.51. The highest BCUT2D eigenvalue weighted by molar-refractivity contribution is 7.88. The van der Waals surface area contributed by atoms with Gasteiger partial charge in [-0.3, -0.25) is 4.68 Å². The van der Waals surface area contributed by atoms with Gasteiger partial charge in [-0.2, -0.15) is 0 Å². The zero-order valence-corrected chi connectivity index (χ0v) is 8.16. The Kier molecular flexibility index (Phi) is 2.99. The van der Waals surface area contributed by atoms with Crippen molar-refractivity contribution in [3.63, 3.8) is 0 Å². The first-order valence-electron chi connectivity index (χ1n) is 3.91. The van der Waals surface area contributed by atoms with Crippen molar-refractivity contribution in [2.24, 2.45) is 5.14 Å². The van der Waals surface area contributed by atoms with Crippen LogP contribution in [0.5, 0.6) is 0 Å². The zero-order chi connectivity index (χ0) is 9.90. The molecule has 13 heavy (non-hydrogen) atoms. The molecule has 6 nitrogen and oxygen atoms in total. The highest BCUT2D eigenvalue weighted by Crippen LogP contribution is 1.98. The van der Waals surface area contributed by atoms with Crippen LogP contribution in [0.4, 0.5) is 0 Å². The Labute approximate surface area is 76.8 Å². The van der Waals surface area contributed by atoms with E-state index in [-0.39, 0.29) is 5.75 Å². The average molecular weight is 204 g/mol. The molecule has 0 fully saturated rings. The third-order valence-corrected chi connectivity index (χ3v) is 2.09. The molecule has 0 aliphatic rings. The van der Waals surface area contributed by atoms with E-state index in [1.165, 1.54) is 0 Å². The largest absolute Gasteiger partial charge is 0.252 e. The van der Waals surface area contributed by atoms with Crippen molar-refractivity contribution in [1.82, 2.24) is 15.0 Å². The lowest BCUT2D eigenvalue weighted by molar-refractivity contribution is 0.578. The van der Waals surface area contributed by atoms with Crippen LogP contribution in [0.1, 0.15) is 19.0 Å². The molecule has 1 rings (SSSR count). The lowest BCUT2D eigenvalue weighted by Crippen LogP contribution is -2.14. The maximum atomic E-state index is 10.7. The number of nitrogens with zero attached hydrogens (tertiary/aromatic N) is 3. The maximum absolute atomic E-state index is 10.7. The fourth-order valence-corrected chi connectivity index (χ4v) is 1.49. The Bertz CT molecular complexity index is 370. The van der Waals surface area contributed by atoms with E-state index in [0.29, 0.717) is 5.69 Å². The van der Waals surface area contributed by atoms with Gasteiger partial charge in [-0.1, -0.05) is 12.1 Å². The van der Waals surface area contributed by atoms with Gasteiger partial charge in [0.25, 0.3) is 0 Å². The molecule has 7 heteroatoms. The van der Waals surface area contributed by atoms with Crippen molar-refractivity contribution in [3.8, 4) is 0 Å². The Hall–Kier alpha value is -0.950. The first-order chi connectivity index (χ1) is 6.01. The maximum Gasteiger partial charge on any atom is 0.214 e. The number of nitrogens with two attached hydrogens (primary N) is 1. The van der Waals surface area contributed by atoms with E-state index in [9.17, 15) is 8.42 Å². The van der Waals surface area contributed by atoms with Crippen LogP contribution in [-0.2, 0) is 22.3 Å². The Balaban J connectivity index is 2.69. The summed E-state index contributed by atoms with van der Waals surface area (Å²) in [5.74, 6) is -0.253. The fourth-order valence-electron chi connectivity index (χ4n) is 0.949. The summed E-state index contributed by atoms with van der Waals surface area (Å²) < 4.78 is 22.9. The molecule has 0 aliphatic heterocycles. The summed E-state index contributed by atoms with van der Waals surface area (Å²) in [4.78, 5) is 0. The number of hydrogen-bond acceptors (Lipinski definition) is 4. The molecule has 0 spiro atoms. The number of rotatable bonds is 4. The van der Waals surface area contributed by atoms with Crippen LogP contribution in [-0.4, -0.2) is 23.4 Å². The quantitative estimate of drug-likeness (QED) is 0.714. The highest BCUT2D eigenvalue weighted by atomic mass is 32.2. The van der Waals surface area contributed by atoms with Gasteiger partial charge in [0.15, 0.2) is 0 Å². The molecule has 0 aliphatic carbocycles. The first kappa shape index (κ1) is 10.1. The molecule has 0 amide bonds. The second-order valence-electron chi connectivity index (χ2n) is 2.78. The number of sulfonamides is 1. The average Bonchev–Trinajstić information content (AvgIpc) is 2.33. The number of primary sulfonamides is 1. The molecule has 0 aromatic carbocycles. The Morgan fingerprint density at radius 2 is 2.31 bits per heavy atom. The van der Waals surface area contributed by atoms with Crippen LogP contribution in [0.2, 0.25) is 0 Å². The molecular weight excluding hydrogens is 192 g/mol. The summed E-state index contributed by atoms with van der Waals surface area (Å²) in [6.07, 6.45) is 2.52. The van der Waals surface area contributed by atoms with Crippen LogP contribution in [0, 0.1) is 0 Å². The predicted octanol–water partition coefficient (Wildman–Crippen LogP) is -0.523. The number of hydrogen-bond donors (Lipinski definition) is 1. The Morgan fingerprint density at radius 3 is 2.85 bits per heavy atom. The third-order valence-electron chi connectivity index (χ3n) is 1.39. The lowest BCUT2D eigenvalue weighted by atomic mass is 10.5. The summed E-state index contributed by atoms with van der Waals surface area (Å²) >= 11 is 0. The van der Waals surface area contributed by atoms with Crippen molar-refractivity contribution in [3.05, 3.63) is 11.9 Å². The molecule has 0 bridgehead atoms. The topological polar surface area (TPSA) is 90.9 Å². The second kappa shape index (κ2) is 3.84. The molecular formula is C6H12N4O2S. The molecule has 0 saturated heterocycles. The minimum Gasteiger partial charge on any atom is -0.252 e. The van der Waals surface area contributed by atoms with E-state index in [1.807, 2.05) is 6.92 Å². The van der Waals surface area contributed by atoms with Crippen LogP contribution >= 0.6 is 0 Å². The van der Waals surface area contributed by atoms with Gasteiger partial charge in [0.05, 0.1) is 5.69 Å². The molecule has 0 unspecified atom stereocenters. The molecule has 0 radical (unpaired) electrons. The smallest absolute Gasteiger partial charge is 0.214 e. The molecule has 1 aromatic heterocycles. The lowest BCUT2D eigenvalue weighted by Gasteiger charge is -1.93.